The summed E-state index contributed by atoms with van der Waals surface area (Å²) in [6, 6.07) is 0. The molecule has 1 rings (SSSR count). The van der Waals surface area contributed by atoms with Crippen molar-refractivity contribution < 1.29 is 9.53 Å². The fourth-order valence-corrected chi connectivity index (χ4v) is 2.49. The molecule has 1 aliphatic rings. The van der Waals surface area contributed by atoms with Crippen LogP contribution >= 0.6 is 0 Å². The Morgan fingerprint density at radius 3 is 2.65 bits per heavy atom. The molecule has 0 amide bonds. The predicted octanol–water partition coefficient (Wildman–Crippen LogP) is 3.83. The van der Waals surface area contributed by atoms with Gasteiger partial charge in [0.2, 0.25) is 0 Å². The first kappa shape index (κ1) is 14.7. The standard InChI is InChI=1S/C15H28O2/c1-12(2)8-9-15(16)11-17-10-14-7-5-4-6-13(14)3/h12-14H,4-11H2,1-3H3. The number of ether oxygens (including phenoxy) is 1. The SMILES string of the molecule is CC(C)CCC(=O)COCC1CCCCC1C. The van der Waals surface area contributed by atoms with Gasteiger partial charge in [0, 0.05) is 6.42 Å². The lowest BCUT2D eigenvalue weighted by Crippen LogP contribution is -2.23. The Morgan fingerprint density at radius 2 is 2.00 bits per heavy atom. The van der Waals surface area contributed by atoms with Crippen LogP contribution in [0.25, 0.3) is 0 Å². The molecule has 0 heterocycles. The highest BCUT2D eigenvalue weighted by Gasteiger charge is 2.21. The molecule has 2 heteroatoms. The van der Waals surface area contributed by atoms with Crippen LogP contribution in [-0.2, 0) is 9.53 Å². The molecule has 0 aromatic heterocycles. The molecule has 0 aromatic rings. The molecule has 0 spiro atoms. The fourth-order valence-electron chi connectivity index (χ4n) is 2.49. The topological polar surface area (TPSA) is 26.3 Å². The minimum atomic E-state index is 0.266. The van der Waals surface area contributed by atoms with Crippen LogP contribution in [0.3, 0.4) is 0 Å². The normalized spacial score (nSPS) is 25.2. The molecule has 0 radical (unpaired) electrons. The van der Waals surface area contributed by atoms with E-state index >= 15 is 0 Å². The molecule has 17 heavy (non-hydrogen) atoms. The zero-order valence-corrected chi connectivity index (χ0v) is 11.7. The molecule has 1 saturated carbocycles. The molecule has 0 saturated heterocycles. The highest BCUT2D eigenvalue weighted by Crippen LogP contribution is 2.29. The molecule has 0 aliphatic heterocycles. The van der Waals surface area contributed by atoms with Gasteiger partial charge in [0.15, 0.2) is 5.78 Å². The Balaban J connectivity index is 2.08. The number of ketones is 1. The van der Waals surface area contributed by atoms with Crippen molar-refractivity contribution in [2.24, 2.45) is 17.8 Å². The van der Waals surface area contributed by atoms with Crippen molar-refractivity contribution in [3.63, 3.8) is 0 Å². The third-order valence-corrected chi connectivity index (χ3v) is 3.88. The third kappa shape index (κ3) is 6.21. The average Bonchev–Trinajstić information content (AvgIpc) is 2.29. The van der Waals surface area contributed by atoms with Crippen LogP contribution in [0.4, 0.5) is 0 Å². The van der Waals surface area contributed by atoms with Crippen molar-refractivity contribution in [3.05, 3.63) is 0 Å². The largest absolute Gasteiger partial charge is 0.373 e. The van der Waals surface area contributed by atoms with Gasteiger partial charge in [-0.1, -0.05) is 40.0 Å². The molecule has 0 N–H and O–H groups in total. The first-order valence-corrected chi connectivity index (χ1v) is 7.19. The summed E-state index contributed by atoms with van der Waals surface area (Å²) in [5.74, 6) is 2.33. The zero-order valence-electron chi connectivity index (χ0n) is 11.7. The Hall–Kier alpha value is -0.370. The van der Waals surface area contributed by atoms with Gasteiger partial charge in [0.05, 0.1) is 6.61 Å². The van der Waals surface area contributed by atoms with Crippen LogP contribution in [-0.4, -0.2) is 19.0 Å². The van der Waals surface area contributed by atoms with Gasteiger partial charge in [-0.3, -0.25) is 4.79 Å². The molecule has 1 fully saturated rings. The summed E-state index contributed by atoms with van der Waals surface area (Å²) in [4.78, 5) is 11.5. The van der Waals surface area contributed by atoms with E-state index in [1.165, 1.54) is 25.7 Å². The van der Waals surface area contributed by atoms with Gasteiger partial charge >= 0.3 is 0 Å². The molecule has 100 valence electrons. The maximum Gasteiger partial charge on any atom is 0.158 e. The summed E-state index contributed by atoms with van der Waals surface area (Å²) in [5, 5.41) is 0. The number of hydrogen-bond acceptors (Lipinski definition) is 2. The number of carbonyl (C=O) groups excluding carboxylic acids is 1. The molecule has 2 nitrogen and oxygen atoms in total. The van der Waals surface area contributed by atoms with Gasteiger partial charge in [-0.05, 0) is 30.6 Å². The average molecular weight is 240 g/mol. The van der Waals surface area contributed by atoms with E-state index < -0.39 is 0 Å². The Morgan fingerprint density at radius 1 is 1.29 bits per heavy atom. The summed E-state index contributed by atoms with van der Waals surface area (Å²) in [7, 11) is 0. The third-order valence-electron chi connectivity index (χ3n) is 3.88. The highest BCUT2D eigenvalue weighted by atomic mass is 16.5. The molecule has 2 atom stereocenters. The van der Waals surface area contributed by atoms with Gasteiger partial charge in [-0.15, -0.1) is 0 Å². The summed E-state index contributed by atoms with van der Waals surface area (Å²) in [6.07, 6.45) is 6.97. The number of rotatable bonds is 7. The molecule has 1 aliphatic carbocycles. The van der Waals surface area contributed by atoms with Gasteiger partial charge in [-0.25, -0.2) is 0 Å². The first-order valence-electron chi connectivity index (χ1n) is 7.19. The van der Waals surface area contributed by atoms with Gasteiger partial charge in [-0.2, -0.15) is 0 Å². The van der Waals surface area contributed by atoms with Crippen LogP contribution in [0, 0.1) is 17.8 Å². The van der Waals surface area contributed by atoms with E-state index in [2.05, 4.69) is 20.8 Å². The molecular formula is C15H28O2. The smallest absolute Gasteiger partial charge is 0.158 e. The van der Waals surface area contributed by atoms with Crippen molar-refractivity contribution in [2.45, 2.75) is 59.3 Å². The Bertz CT molecular complexity index is 223. The monoisotopic (exact) mass is 240 g/mol. The number of Topliss-reactive ketones (excluding diaryl/α,β-unsaturated/α-hetero) is 1. The van der Waals surface area contributed by atoms with Crippen molar-refractivity contribution in [3.8, 4) is 0 Å². The molecule has 2 unspecified atom stereocenters. The van der Waals surface area contributed by atoms with Crippen molar-refractivity contribution >= 4 is 5.78 Å². The van der Waals surface area contributed by atoms with E-state index in [1.54, 1.807) is 0 Å². The van der Waals surface area contributed by atoms with Crippen LogP contribution in [0.5, 0.6) is 0 Å². The van der Waals surface area contributed by atoms with E-state index in [0.717, 1.165) is 18.9 Å². The number of hydrogen-bond donors (Lipinski definition) is 0. The molecular weight excluding hydrogens is 212 g/mol. The fraction of sp³-hybridized carbons (Fsp3) is 0.933. The molecule has 0 aromatic carbocycles. The van der Waals surface area contributed by atoms with Crippen molar-refractivity contribution in [1.82, 2.24) is 0 Å². The van der Waals surface area contributed by atoms with Crippen molar-refractivity contribution in [2.75, 3.05) is 13.2 Å². The maximum atomic E-state index is 11.5. The zero-order chi connectivity index (χ0) is 12.7. The maximum absolute atomic E-state index is 11.5. The Labute approximate surface area is 106 Å². The van der Waals surface area contributed by atoms with E-state index in [1.807, 2.05) is 0 Å². The summed E-state index contributed by atoms with van der Waals surface area (Å²) in [6.45, 7) is 7.73. The predicted molar refractivity (Wildman–Crippen MR) is 71.0 cm³/mol. The Kier molecular flexibility index (Phi) is 6.79. The first-order chi connectivity index (χ1) is 8.09. The second kappa shape index (κ2) is 7.86. The summed E-state index contributed by atoms with van der Waals surface area (Å²) < 4.78 is 5.59. The van der Waals surface area contributed by atoms with E-state index in [9.17, 15) is 4.79 Å². The van der Waals surface area contributed by atoms with Crippen molar-refractivity contribution in [1.29, 1.82) is 0 Å². The molecule has 0 bridgehead atoms. The minimum absolute atomic E-state index is 0.266. The second-order valence-electron chi connectivity index (χ2n) is 6.01. The van der Waals surface area contributed by atoms with E-state index in [-0.39, 0.29) is 5.78 Å². The lowest BCUT2D eigenvalue weighted by Gasteiger charge is -2.28. The summed E-state index contributed by atoms with van der Waals surface area (Å²) >= 11 is 0. The van der Waals surface area contributed by atoms with Gasteiger partial charge in [0.1, 0.15) is 6.61 Å². The highest BCUT2D eigenvalue weighted by molar-refractivity contribution is 5.79. The van der Waals surface area contributed by atoms with Crippen LogP contribution in [0.2, 0.25) is 0 Å². The van der Waals surface area contributed by atoms with Crippen LogP contribution in [0.15, 0.2) is 0 Å². The van der Waals surface area contributed by atoms with Gasteiger partial charge in [0.25, 0.3) is 0 Å². The van der Waals surface area contributed by atoms with E-state index in [4.69, 9.17) is 4.74 Å². The second-order valence-corrected chi connectivity index (χ2v) is 6.01. The lowest BCUT2D eigenvalue weighted by atomic mass is 9.81. The van der Waals surface area contributed by atoms with Crippen LogP contribution in [0.1, 0.15) is 59.3 Å². The minimum Gasteiger partial charge on any atom is -0.373 e. The summed E-state index contributed by atoms with van der Waals surface area (Å²) in [5.41, 5.74) is 0. The lowest BCUT2D eigenvalue weighted by molar-refractivity contribution is -0.124. The quantitative estimate of drug-likeness (QED) is 0.676. The number of carbonyl (C=O) groups is 1. The van der Waals surface area contributed by atoms with Gasteiger partial charge < -0.3 is 4.74 Å². The van der Waals surface area contributed by atoms with E-state index in [0.29, 0.717) is 24.9 Å². The van der Waals surface area contributed by atoms with Crippen LogP contribution < -0.4 is 0 Å².